The number of methoxy groups -OCH3 is 1. The highest BCUT2D eigenvalue weighted by molar-refractivity contribution is 6.05. The molecule has 0 saturated carbocycles. The molecule has 0 aliphatic rings. The predicted octanol–water partition coefficient (Wildman–Crippen LogP) is 1.45. The Morgan fingerprint density at radius 2 is 2.15 bits per heavy atom. The lowest BCUT2D eigenvalue weighted by Gasteiger charge is -2.06. The minimum absolute atomic E-state index is 0.0642. The van der Waals surface area contributed by atoms with Crippen LogP contribution in [0.3, 0.4) is 0 Å². The fourth-order valence-corrected chi connectivity index (χ4v) is 0.776. The van der Waals surface area contributed by atoms with E-state index in [1.54, 1.807) is 19.9 Å². The van der Waals surface area contributed by atoms with Crippen molar-refractivity contribution in [2.75, 3.05) is 7.11 Å². The zero-order valence-corrected chi connectivity index (χ0v) is 8.22. The summed E-state index contributed by atoms with van der Waals surface area (Å²) in [5.74, 6) is 0.820. The molecule has 4 nitrogen and oxygen atoms in total. The molecule has 0 spiro atoms. The van der Waals surface area contributed by atoms with Gasteiger partial charge in [-0.3, -0.25) is 5.41 Å². The number of hydrogen-bond acceptors (Lipinski definition) is 2. The van der Waals surface area contributed by atoms with Gasteiger partial charge >= 0.3 is 0 Å². The summed E-state index contributed by atoms with van der Waals surface area (Å²) < 4.78 is 4.89. The molecule has 0 aromatic rings. The number of amidine groups is 2. The highest BCUT2D eigenvalue weighted by atomic mass is 16.5. The van der Waals surface area contributed by atoms with Crippen LogP contribution in [0.4, 0.5) is 0 Å². The number of ether oxygens (including phenoxy) is 1. The summed E-state index contributed by atoms with van der Waals surface area (Å²) in [4.78, 5) is 3.79. The van der Waals surface area contributed by atoms with Gasteiger partial charge in [-0.05, 0) is 13.8 Å². The quantitative estimate of drug-likeness (QED) is 0.299. The van der Waals surface area contributed by atoms with Crippen LogP contribution in [-0.2, 0) is 4.74 Å². The number of aliphatic imine (C=N–C) groups is 1. The van der Waals surface area contributed by atoms with Crippen molar-refractivity contribution in [3.05, 3.63) is 24.0 Å². The van der Waals surface area contributed by atoms with Crippen molar-refractivity contribution >= 4 is 11.7 Å². The van der Waals surface area contributed by atoms with Crippen LogP contribution in [0.1, 0.15) is 13.8 Å². The van der Waals surface area contributed by atoms with Gasteiger partial charge in [0.15, 0.2) is 5.84 Å². The highest BCUT2D eigenvalue weighted by Crippen LogP contribution is 2.10. The first-order valence-electron chi connectivity index (χ1n) is 3.82. The van der Waals surface area contributed by atoms with Crippen molar-refractivity contribution in [1.29, 1.82) is 5.41 Å². The first kappa shape index (κ1) is 11.4. The van der Waals surface area contributed by atoms with E-state index in [9.17, 15) is 0 Å². The minimum Gasteiger partial charge on any atom is -0.497 e. The first-order chi connectivity index (χ1) is 6.02. The highest BCUT2D eigenvalue weighted by Gasteiger charge is 2.07. The molecule has 0 unspecified atom stereocenters. The average Bonchev–Trinajstić information content (AvgIpc) is 2.03. The number of nitrogens with one attached hydrogen (secondary N) is 1. The Morgan fingerprint density at radius 3 is 2.46 bits per heavy atom. The summed E-state index contributed by atoms with van der Waals surface area (Å²) in [5.41, 5.74) is 5.89. The Morgan fingerprint density at radius 1 is 1.62 bits per heavy atom. The van der Waals surface area contributed by atoms with Crippen LogP contribution in [-0.4, -0.2) is 18.8 Å². The monoisotopic (exact) mass is 181 g/mol. The van der Waals surface area contributed by atoms with Crippen LogP contribution < -0.4 is 5.73 Å². The van der Waals surface area contributed by atoms with Crippen molar-refractivity contribution in [1.82, 2.24) is 0 Å². The lowest BCUT2D eigenvalue weighted by molar-refractivity contribution is 0.305. The summed E-state index contributed by atoms with van der Waals surface area (Å²) in [6.45, 7) is 7.04. The van der Waals surface area contributed by atoms with E-state index in [0.717, 1.165) is 0 Å². The minimum atomic E-state index is 0.0642. The van der Waals surface area contributed by atoms with Crippen LogP contribution >= 0.6 is 0 Å². The predicted molar refractivity (Wildman–Crippen MR) is 54.9 cm³/mol. The maximum atomic E-state index is 7.53. The Balaban J connectivity index is 4.73. The molecule has 0 aromatic carbocycles. The number of nitrogens with zero attached hydrogens (tertiary/aromatic N) is 1. The summed E-state index contributed by atoms with van der Waals surface area (Å²) in [7, 11) is 1.50. The second-order valence-corrected chi connectivity index (χ2v) is 2.43. The molecule has 0 rings (SSSR count). The van der Waals surface area contributed by atoms with Gasteiger partial charge in [0.25, 0.3) is 0 Å². The lowest BCUT2D eigenvalue weighted by Crippen LogP contribution is -2.11. The summed E-state index contributed by atoms with van der Waals surface area (Å²) in [5, 5.41) is 7.53. The lowest BCUT2D eigenvalue weighted by atomic mass is 10.2. The van der Waals surface area contributed by atoms with Gasteiger partial charge in [0.2, 0.25) is 0 Å². The third kappa shape index (κ3) is 3.55. The molecule has 72 valence electrons. The second-order valence-electron chi connectivity index (χ2n) is 2.43. The summed E-state index contributed by atoms with van der Waals surface area (Å²) in [6.07, 6.45) is 1.71. The fourth-order valence-electron chi connectivity index (χ4n) is 0.776. The van der Waals surface area contributed by atoms with Crippen molar-refractivity contribution in [3.8, 4) is 0 Å². The molecular formula is C9H15N3O. The second kappa shape index (κ2) is 5.13. The van der Waals surface area contributed by atoms with Crippen LogP contribution in [0, 0.1) is 5.41 Å². The van der Waals surface area contributed by atoms with E-state index in [-0.39, 0.29) is 5.84 Å². The fraction of sp³-hybridized carbons (Fsp3) is 0.333. The molecule has 0 atom stereocenters. The molecule has 0 radical (unpaired) electrons. The van der Waals surface area contributed by atoms with Crippen molar-refractivity contribution in [3.63, 3.8) is 0 Å². The van der Waals surface area contributed by atoms with Gasteiger partial charge in [0, 0.05) is 0 Å². The van der Waals surface area contributed by atoms with Crippen LogP contribution in [0.25, 0.3) is 0 Å². The Bertz CT molecular complexity index is 273. The Kier molecular flexibility index (Phi) is 4.51. The number of rotatable bonds is 3. The third-order valence-electron chi connectivity index (χ3n) is 1.38. The number of allylic oxidation sites excluding steroid dienone is 1. The molecule has 4 heteroatoms. The molecule has 13 heavy (non-hydrogen) atoms. The SMILES string of the molecule is C=C(OC)/C(=C\C)C(=N)N=C(C)N. The van der Waals surface area contributed by atoms with Gasteiger partial charge in [0.1, 0.15) is 5.76 Å². The van der Waals surface area contributed by atoms with E-state index in [2.05, 4.69) is 11.6 Å². The molecule has 0 saturated heterocycles. The van der Waals surface area contributed by atoms with Crippen LogP contribution in [0.15, 0.2) is 29.0 Å². The number of hydrogen-bond donors (Lipinski definition) is 2. The van der Waals surface area contributed by atoms with Crippen LogP contribution in [0.5, 0.6) is 0 Å². The smallest absolute Gasteiger partial charge is 0.157 e. The average molecular weight is 181 g/mol. The normalized spacial score (nSPS) is 12.5. The molecule has 0 fully saturated rings. The molecule has 3 N–H and O–H groups in total. The van der Waals surface area contributed by atoms with Crippen molar-refractivity contribution in [2.45, 2.75) is 13.8 Å². The molecule has 0 amide bonds. The molecule has 0 aliphatic carbocycles. The van der Waals surface area contributed by atoms with E-state index >= 15 is 0 Å². The molecule has 0 aliphatic heterocycles. The summed E-state index contributed by atoms with van der Waals surface area (Å²) in [6, 6.07) is 0. The Labute approximate surface area is 78.3 Å². The largest absolute Gasteiger partial charge is 0.497 e. The van der Waals surface area contributed by atoms with Gasteiger partial charge in [-0.15, -0.1) is 0 Å². The van der Waals surface area contributed by atoms with Gasteiger partial charge in [0.05, 0.1) is 18.5 Å². The van der Waals surface area contributed by atoms with Crippen LogP contribution in [0.2, 0.25) is 0 Å². The van der Waals surface area contributed by atoms with Gasteiger partial charge in [-0.2, -0.15) is 0 Å². The van der Waals surface area contributed by atoms with Crippen molar-refractivity contribution in [2.24, 2.45) is 10.7 Å². The molecule has 0 heterocycles. The molecule has 0 bridgehead atoms. The molecule has 0 aromatic heterocycles. The first-order valence-corrected chi connectivity index (χ1v) is 3.82. The van der Waals surface area contributed by atoms with E-state index in [4.69, 9.17) is 15.9 Å². The van der Waals surface area contributed by atoms with Gasteiger partial charge in [-0.25, -0.2) is 4.99 Å². The van der Waals surface area contributed by atoms with Gasteiger partial charge in [-0.1, -0.05) is 12.7 Å². The van der Waals surface area contributed by atoms with E-state index < -0.39 is 0 Å². The maximum Gasteiger partial charge on any atom is 0.157 e. The topological polar surface area (TPSA) is 71.5 Å². The zero-order chi connectivity index (χ0) is 10.4. The van der Waals surface area contributed by atoms with E-state index in [1.807, 2.05) is 0 Å². The number of nitrogens with two attached hydrogens (primary N) is 1. The standard InChI is InChI=1S/C9H15N3O/c1-5-8(6(2)13-4)9(11)12-7(3)10/h5H,2H2,1,3-4H3,(H3,10,11,12)/b8-5+. The maximum absolute atomic E-state index is 7.53. The van der Waals surface area contributed by atoms with E-state index in [1.165, 1.54) is 7.11 Å². The van der Waals surface area contributed by atoms with Gasteiger partial charge < -0.3 is 10.5 Å². The molecular weight excluding hydrogens is 166 g/mol. The summed E-state index contributed by atoms with van der Waals surface area (Å²) >= 11 is 0. The van der Waals surface area contributed by atoms with E-state index in [0.29, 0.717) is 17.2 Å². The third-order valence-corrected chi connectivity index (χ3v) is 1.38. The zero-order valence-electron chi connectivity index (χ0n) is 8.22. The Hall–Kier alpha value is -1.58. The van der Waals surface area contributed by atoms with Crippen molar-refractivity contribution < 1.29 is 4.74 Å².